The topological polar surface area (TPSA) is 216 Å². The van der Waals surface area contributed by atoms with Gasteiger partial charge in [0.2, 0.25) is 24.1 Å². The van der Waals surface area contributed by atoms with Gasteiger partial charge in [-0.1, -0.05) is 38.5 Å². The highest BCUT2D eigenvalue weighted by Gasteiger charge is 2.11. The summed E-state index contributed by atoms with van der Waals surface area (Å²) in [5, 5.41) is 33.6. The third-order valence-electron chi connectivity index (χ3n) is 5.86. The molecular formula is C24H48N12O2. The minimum atomic E-state index is -0.423. The van der Waals surface area contributed by atoms with E-state index >= 15 is 0 Å². The number of aliphatic hydroxyl groups excluding tert-OH is 2. The summed E-state index contributed by atoms with van der Waals surface area (Å²) in [5.74, 6) is 2.22. The lowest BCUT2D eigenvalue weighted by atomic mass is 10.2. The van der Waals surface area contributed by atoms with Crippen LogP contribution in [0.3, 0.4) is 0 Å². The van der Waals surface area contributed by atoms with Gasteiger partial charge < -0.3 is 37.6 Å². The Morgan fingerprint density at radius 2 is 0.921 bits per heavy atom. The Bertz CT molecular complexity index is 771. The van der Waals surface area contributed by atoms with Crippen molar-refractivity contribution in [3.63, 3.8) is 0 Å². The molecule has 0 radical (unpaired) electrons. The Morgan fingerprint density at radius 1 is 0.553 bits per heavy atom. The molecule has 38 heavy (non-hydrogen) atoms. The van der Waals surface area contributed by atoms with E-state index in [-0.39, 0.29) is 25.1 Å². The summed E-state index contributed by atoms with van der Waals surface area (Å²) in [6.45, 7) is 3.59. The van der Waals surface area contributed by atoms with E-state index in [4.69, 9.17) is 21.7 Å². The van der Waals surface area contributed by atoms with Gasteiger partial charge in [-0.3, -0.25) is 10.6 Å². The maximum atomic E-state index is 8.91. The van der Waals surface area contributed by atoms with Crippen LogP contribution in [0.1, 0.15) is 77.0 Å². The summed E-state index contributed by atoms with van der Waals surface area (Å²) in [5.41, 5.74) is 11.3. The van der Waals surface area contributed by atoms with Crippen LogP contribution in [0.15, 0.2) is 9.98 Å². The van der Waals surface area contributed by atoms with Gasteiger partial charge in [-0.25, -0.2) is 9.98 Å². The molecule has 2 heterocycles. The van der Waals surface area contributed by atoms with Crippen LogP contribution in [-0.4, -0.2) is 82.8 Å². The smallest absolute Gasteiger partial charge is 0.229 e. The number of nitrogens with two attached hydrogens (primary N) is 2. The Balaban J connectivity index is 1.69. The first-order chi connectivity index (χ1) is 18.6. The van der Waals surface area contributed by atoms with Crippen molar-refractivity contribution in [2.45, 2.75) is 83.3 Å². The van der Waals surface area contributed by atoms with E-state index in [1.165, 1.54) is 0 Å². The lowest BCUT2D eigenvalue weighted by Crippen LogP contribution is -2.48. The third-order valence-corrected chi connectivity index (χ3v) is 5.86. The zero-order chi connectivity index (χ0) is 27.3. The third kappa shape index (κ3) is 14.7. The number of anilines is 3. The Morgan fingerprint density at radius 3 is 1.32 bits per heavy atom. The fourth-order valence-electron chi connectivity index (χ4n) is 3.81. The highest BCUT2D eigenvalue weighted by Crippen LogP contribution is 2.11. The summed E-state index contributed by atoms with van der Waals surface area (Å²) < 4.78 is 0. The first-order valence-corrected chi connectivity index (χ1v) is 14.0. The summed E-state index contributed by atoms with van der Waals surface area (Å²) in [4.78, 5) is 21.9. The molecule has 1 aromatic rings. The van der Waals surface area contributed by atoms with Crippen molar-refractivity contribution in [3.8, 4) is 0 Å². The second-order valence-corrected chi connectivity index (χ2v) is 9.26. The van der Waals surface area contributed by atoms with Crippen LogP contribution in [-0.2, 0) is 0 Å². The van der Waals surface area contributed by atoms with Gasteiger partial charge in [0.05, 0.1) is 0 Å². The first kappa shape index (κ1) is 31.2. The molecule has 0 saturated heterocycles. The van der Waals surface area contributed by atoms with Crippen LogP contribution in [0.25, 0.3) is 0 Å². The van der Waals surface area contributed by atoms with E-state index in [0.29, 0.717) is 17.8 Å². The predicted molar refractivity (Wildman–Crippen MR) is 153 cm³/mol. The number of aromatic nitrogens is 3. The highest BCUT2D eigenvalue weighted by molar-refractivity contribution is 5.98. The fraction of sp³-hybridized carbons (Fsp3) is 0.792. The maximum absolute atomic E-state index is 8.91. The van der Waals surface area contributed by atoms with E-state index in [1.54, 1.807) is 0 Å². The van der Waals surface area contributed by atoms with Crippen LogP contribution in [0.5, 0.6) is 0 Å². The molecule has 0 saturated carbocycles. The maximum Gasteiger partial charge on any atom is 0.229 e. The van der Waals surface area contributed by atoms with Gasteiger partial charge in [-0.2, -0.15) is 15.0 Å². The number of nitrogens with zero attached hydrogens (tertiary/aromatic N) is 5. The molecule has 0 bridgehead atoms. The molecule has 0 amide bonds. The Hall–Kier alpha value is -2.97. The SMILES string of the molecule is NC1=NC(NCCCCCCNc2nc(NCCCCCCO)nc(NCCCCCCO)n2)N=C(N)N1. The second kappa shape index (κ2) is 20.1. The number of hydrogen-bond donors (Lipinski definition) is 9. The minimum absolute atomic E-state index is 0.246. The lowest BCUT2D eigenvalue weighted by molar-refractivity contribution is 0.282. The van der Waals surface area contributed by atoms with Gasteiger partial charge >= 0.3 is 0 Å². The van der Waals surface area contributed by atoms with Crippen molar-refractivity contribution in [2.75, 3.05) is 55.3 Å². The van der Waals surface area contributed by atoms with Gasteiger partial charge in [0.25, 0.3) is 0 Å². The molecule has 216 valence electrons. The largest absolute Gasteiger partial charge is 0.396 e. The molecule has 1 aromatic heterocycles. The normalized spacial score (nSPS) is 13.5. The van der Waals surface area contributed by atoms with Crippen molar-refractivity contribution < 1.29 is 10.2 Å². The number of guanidine groups is 2. The first-order valence-electron chi connectivity index (χ1n) is 14.0. The number of unbranched alkanes of at least 4 members (excludes halogenated alkanes) is 9. The van der Waals surface area contributed by atoms with Crippen LogP contribution in [0.4, 0.5) is 17.8 Å². The summed E-state index contributed by atoms with van der Waals surface area (Å²) >= 11 is 0. The van der Waals surface area contributed by atoms with Gasteiger partial charge in [-0.15, -0.1) is 0 Å². The number of rotatable bonds is 23. The zero-order valence-corrected chi connectivity index (χ0v) is 22.6. The van der Waals surface area contributed by atoms with Crippen LogP contribution < -0.4 is 38.1 Å². The molecule has 0 atom stereocenters. The quantitative estimate of drug-likeness (QED) is 0.0891. The molecule has 2 rings (SSSR count). The molecule has 0 fully saturated rings. The Kier molecular flexibility index (Phi) is 16.5. The molecule has 14 nitrogen and oxygen atoms in total. The molecule has 11 N–H and O–H groups in total. The van der Waals surface area contributed by atoms with Gasteiger partial charge in [0.15, 0.2) is 11.9 Å². The minimum Gasteiger partial charge on any atom is -0.396 e. The molecule has 14 heteroatoms. The average Bonchev–Trinajstić information content (AvgIpc) is 2.89. The van der Waals surface area contributed by atoms with E-state index in [2.05, 4.69) is 51.5 Å². The molecule has 1 aliphatic heterocycles. The predicted octanol–water partition coefficient (Wildman–Crippen LogP) is 0.879. The monoisotopic (exact) mass is 536 g/mol. The highest BCUT2D eigenvalue weighted by atomic mass is 16.3. The lowest BCUT2D eigenvalue weighted by Gasteiger charge is -2.17. The van der Waals surface area contributed by atoms with Crippen molar-refractivity contribution in [3.05, 3.63) is 0 Å². The van der Waals surface area contributed by atoms with E-state index < -0.39 is 6.29 Å². The summed E-state index contributed by atoms with van der Waals surface area (Å²) in [6.07, 6.45) is 11.5. The number of aliphatic hydroxyl groups is 2. The number of hydrogen-bond acceptors (Lipinski definition) is 14. The molecule has 1 aliphatic rings. The molecule has 0 aliphatic carbocycles. The molecule has 0 spiro atoms. The van der Waals surface area contributed by atoms with Gasteiger partial charge in [0.1, 0.15) is 0 Å². The Labute approximate surface area is 226 Å². The number of aliphatic imine (C=N–C) groups is 2. The van der Waals surface area contributed by atoms with Crippen LogP contribution in [0, 0.1) is 0 Å². The fourth-order valence-corrected chi connectivity index (χ4v) is 3.81. The zero-order valence-electron chi connectivity index (χ0n) is 22.6. The number of nitrogens with one attached hydrogen (secondary N) is 5. The molecule has 0 unspecified atom stereocenters. The van der Waals surface area contributed by atoms with E-state index in [1.807, 2.05) is 0 Å². The van der Waals surface area contributed by atoms with Crippen molar-refractivity contribution in [1.29, 1.82) is 0 Å². The van der Waals surface area contributed by atoms with E-state index in [0.717, 1.165) is 103 Å². The van der Waals surface area contributed by atoms with Gasteiger partial charge in [0, 0.05) is 32.8 Å². The average molecular weight is 537 g/mol. The van der Waals surface area contributed by atoms with Crippen molar-refractivity contribution in [1.82, 2.24) is 25.6 Å². The van der Waals surface area contributed by atoms with Crippen molar-refractivity contribution >= 4 is 29.8 Å². The summed E-state index contributed by atoms with van der Waals surface area (Å²) in [7, 11) is 0. The molecule has 0 aromatic carbocycles. The summed E-state index contributed by atoms with van der Waals surface area (Å²) in [6, 6.07) is 0. The van der Waals surface area contributed by atoms with Crippen LogP contribution >= 0.6 is 0 Å². The van der Waals surface area contributed by atoms with Crippen molar-refractivity contribution in [2.24, 2.45) is 21.5 Å². The standard InChI is InChI=1S/C24H48N12O2/c25-19-31-20(26)33-21(32-19)27-13-7-1-2-8-14-28-22-34-23(29-15-9-3-5-11-17-37)36-24(35-22)30-16-10-4-6-12-18-38/h21,27,37-38H,1-18H2,(H5,25,26,31,32,33)(H3,28,29,30,34,35,36). The van der Waals surface area contributed by atoms with E-state index in [9.17, 15) is 0 Å². The molecular weight excluding hydrogens is 488 g/mol. The second-order valence-electron chi connectivity index (χ2n) is 9.26. The van der Waals surface area contributed by atoms with Crippen LogP contribution in [0.2, 0.25) is 0 Å². The van der Waals surface area contributed by atoms with Gasteiger partial charge in [-0.05, 0) is 45.1 Å².